The monoisotopic (exact) mass is 217 g/mol. The van der Waals surface area contributed by atoms with Gasteiger partial charge in [-0.05, 0) is 44.4 Å². The van der Waals surface area contributed by atoms with Crippen LogP contribution in [0.25, 0.3) is 0 Å². The van der Waals surface area contributed by atoms with Crippen LogP contribution in [-0.4, -0.2) is 17.9 Å². The molecule has 86 valence electrons. The van der Waals surface area contributed by atoms with Gasteiger partial charge in [-0.25, -0.2) is 0 Å². The molecule has 2 heteroatoms. The molecule has 1 aromatic rings. The molecule has 0 bridgehead atoms. The van der Waals surface area contributed by atoms with E-state index in [2.05, 4.69) is 18.3 Å². The number of hydrogen-bond donors (Lipinski definition) is 1. The lowest BCUT2D eigenvalue weighted by Gasteiger charge is -2.22. The van der Waals surface area contributed by atoms with Gasteiger partial charge in [-0.15, -0.1) is 0 Å². The number of rotatable bonds is 3. The SMILES string of the molecule is CCc1cccc(C(=O)C2(C)CCCN2)c1. The number of nitrogens with one attached hydrogen (secondary N) is 1. The fraction of sp³-hybridized carbons (Fsp3) is 0.500. The van der Waals surface area contributed by atoms with Gasteiger partial charge in [0.1, 0.15) is 0 Å². The third-order valence-corrected chi connectivity index (χ3v) is 3.47. The second-order valence-corrected chi connectivity index (χ2v) is 4.75. The van der Waals surface area contributed by atoms with Gasteiger partial charge >= 0.3 is 0 Å². The molecule has 0 aliphatic carbocycles. The Balaban J connectivity index is 2.26. The molecule has 0 saturated carbocycles. The standard InChI is InChI=1S/C14H19NO/c1-3-11-6-4-7-12(10-11)13(16)14(2)8-5-9-15-14/h4,6-7,10,15H,3,5,8-9H2,1-2H3. The summed E-state index contributed by atoms with van der Waals surface area (Å²) in [7, 11) is 0. The van der Waals surface area contributed by atoms with Crippen molar-refractivity contribution in [2.45, 2.75) is 38.6 Å². The molecule has 0 amide bonds. The van der Waals surface area contributed by atoms with E-state index < -0.39 is 0 Å². The zero-order valence-electron chi connectivity index (χ0n) is 10.0. The summed E-state index contributed by atoms with van der Waals surface area (Å²) in [4.78, 5) is 12.4. The third-order valence-electron chi connectivity index (χ3n) is 3.47. The first-order chi connectivity index (χ1) is 7.65. The van der Waals surface area contributed by atoms with Crippen LogP contribution in [0.1, 0.15) is 42.6 Å². The first-order valence-corrected chi connectivity index (χ1v) is 6.04. The summed E-state index contributed by atoms with van der Waals surface area (Å²) in [5, 5.41) is 3.32. The maximum Gasteiger partial charge on any atom is 0.182 e. The maximum atomic E-state index is 12.4. The van der Waals surface area contributed by atoms with Crippen molar-refractivity contribution in [1.29, 1.82) is 0 Å². The minimum Gasteiger partial charge on any atom is -0.305 e. The highest BCUT2D eigenvalue weighted by Crippen LogP contribution is 2.23. The van der Waals surface area contributed by atoms with Crippen molar-refractivity contribution in [3.8, 4) is 0 Å². The summed E-state index contributed by atoms with van der Waals surface area (Å²) in [5.41, 5.74) is 1.73. The highest BCUT2D eigenvalue weighted by atomic mass is 16.1. The predicted octanol–water partition coefficient (Wildman–Crippen LogP) is 2.57. The minimum absolute atomic E-state index is 0.236. The molecule has 2 rings (SSSR count). The quantitative estimate of drug-likeness (QED) is 0.788. The van der Waals surface area contributed by atoms with Crippen LogP contribution in [0.15, 0.2) is 24.3 Å². The van der Waals surface area contributed by atoms with Gasteiger partial charge in [-0.2, -0.15) is 0 Å². The van der Waals surface area contributed by atoms with E-state index in [1.54, 1.807) is 0 Å². The molecule has 0 spiro atoms. The van der Waals surface area contributed by atoms with E-state index in [-0.39, 0.29) is 11.3 Å². The summed E-state index contributed by atoms with van der Waals surface area (Å²) in [5.74, 6) is 0.236. The van der Waals surface area contributed by atoms with Crippen LogP contribution in [0.2, 0.25) is 0 Å². The van der Waals surface area contributed by atoms with Crippen molar-refractivity contribution >= 4 is 5.78 Å². The highest BCUT2D eigenvalue weighted by molar-refractivity contribution is 6.03. The zero-order valence-corrected chi connectivity index (χ0v) is 10.0. The highest BCUT2D eigenvalue weighted by Gasteiger charge is 2.36. The molecular weight excluding hydrogens is 198 g/mol. The van der Waals surface area contributed by atoms with Crippen molar-refractivity contribution in [1.82, 2.24) is 5.32 Å². The number of hydrogen-bond acceptors (Lipinski definition) is 2. The second kappa shape index (κ2) is 4.38. The Labute approximate surface area is 97.1 Å². The topological polar surface area (TPSA) is 29.1 Å². The molecule has 1 fully saturated rings. The van der Waals surface area contributed by atoms with E-state index in [9.17, 15) is 4.79 Å². The average Bonchev–Trinajstić information content (AvgIpc) is 2.76. The van der Waals surface area contributed by atoms with E-state index in [4.69, 9.17) is 0 Å². The van der Waals surface area contributed by atoms with Gasteiger partial charge in [0, 0.05) is 5.56 Å². The van der Waals surface area contributed by atoms with E-state index in [1.165, 1.54) is 5.56 Å². The molecule has 1 aliphatic rings. The lowest BCUT2D eigenvalue weighted by atomic mass is 9.89. The predicted molar refractivity (Wildman–Crippen MR) is 65.8 cm³/mol. The normalized spacial score (nSPS) is 24.6. The molecule has 1 heterocycles. The van der Waals surface area contributed by atoms with Gasteiger partial charge in [0.2, 0.25) is 0 Å². The summed E-state index contributed by atoms with van der Waals surface area (Å²) in [6.07, 6.45) is 3.02. The fourth-order valence-corrected chi connectivity index (χ4v) is 2.34. The number of Topliss-reactive ketones (excluding diaryl/α,β-unsaturated/α-hetero) is 1. The summed E-state index contributed by atoms with van der Waals surface area (Å²) < 4.78 is 0. The molecule has 1 aliphatic heterocycles. The van der Waals surface area contributed by atoms with Crippen LogP contribution in [0.5, 0.6) is 0 Å². The van der Waals surface area contributed by atoms with Gasteiger partial charge in [0.05, 0.1) is 5.54 Å². The Morgan fingerprint density at radius 1 is 1.50 bits per heavy atom. The lowest BCUT2D eigenvalue weighted by molar-refractivity contribution is 0.0884. The van der Waals surface area contributed by atoms with Crippen LogP contribution in [0.4, 0.5) is 0 Å². The Bertz CT molecular complexity index is 391. The summed E-state index contributed by atoms with van der Waals surface area (Å²) in [6.45, 7) is 5.08. The van der Waals surface area contributed by atoms with Crippen LogP contribution < -0.4 is 5.32 Å². The van der Waals surface area contributed by atoms with Gasteiger partial charge in [0.15, 0.2) is 5.78 Å². The molecule has 2 nitrogen and oxygen atoms in total. The van der Waals surface area contributed by atoms with Gasteiger partial charge in [-0.1, -0.05) is 25.1 Å². The van der Waals surface area contributed by atoms with Crippen LogP contribution in [-0.2, 0) is 6.42 Å². The Morgan fingerprint density at radius 3 is 2.94 bits per heavy atom. The Hall–Kier alpha value is -1.15. The molecule has 1 saturated heterocycles. The Morgan fingerprint density at radius 2 is 2.31 bits per heavy atom. The van der Waals surface area contributed by atoms with Gasteiger partial charge < -0.3 is 5.32 Å². The van der Waals surface area contributed by atoms with E-state index >= 15 is 0 Å². The average molecular weight is 217 g/mol. The van der Waals surface area contributed by atoms with Crippen LogP contribution in [0.3, 0.4) is 0 Å². The van der Waals surface area contributed by atoms with Crippen molar-refractivity contribution in [2.24, 2.45) is 0 Å². The molecule has 16 heavy (non-hydrogen) atoms. The van der Waals surface area contributed by atoms with E-state index in [0.717, 1.165) is 31.4 Å². The molecule has 1 unspecified atom stereocenters. The molecule has 1 N–H and O–H groups in total. The van der Waals surface area contributed by atoms with Crippen LogP contribution in [0, 0.1) is 0 Å². The maximum absolute atomic E-state index is 12.4. The molecule has 1 aromatic carbocycles. The minimum atomic E-state index is -0.341. The number of carbonyl (C=O) groups excluding carboxylic acids is 1. The molecule has 1 atom stereocenters. The van der Waals surface area contributed by atoms with Crippen molar-refractivity contribution in [2.75, 3.05) is 6.54 Å². The lowest BCUT2D eigenvalue weighted by Crippen LogP contribution is -2.44. The zero-order chi connectivity index (χ0) is 11.6. The molecule has 0 aromatic heterocycles. The first-order valence-electron chi connectivity index (χ1n) is 6.04. The first kappa shape index (κ1) is 11.3. The van der Waals surface area contributed by atoms with Crippen molar-refractivity contribution in [3.05, 3.63) is 35.4 Å². The molecule has 0 radical (unpaired) electrons. The number of carbonyl (C=O) groups is 1. The fourth-order valence-electron chi connectivity index (χ4n) is 2.34. The number of aryl methyl sites for hydroxylation is 1. The van der Waals surface area contributed by atoms with Crippen molar-refractivity contribution in [3.63, 3.8) is 0 Å². The molecular formula is C14H19NO. The van der Waals surface area contributed by atoms with Crippen LogP contribution >= 0.6 is 0 Å². The smallest absolute Gasteiger partial charge is 0.182 e. The largest absolute Gasteiger partial charge is 0.305 e. The van der Waals surface area contributed by atoms with Gasteiger partial charge in [-0.3, -0.25) is 4.79 Å². The van der Waals surface area contributed by atoms with Crippen molar-refractivity contribution < 1.29 is 4.79 Å². The summed E-state index contributed by atoms with van der Waals surface area (Å²) in [6, 6.07) is 7.99. The summed E-state index contributed by atoms with van der Waals surface area (Å²) >= 11 is 0. The second-order valence-electron chi connectivity index (χ2n) is 4.75. The third kappa shape index (κ3) is 2.03. The van der Waals surface area contributed by atoms with E-state index in [1.807, 2.05) is 25.1 Å². The number of ketones is 1. The Kier molecular flexibility index (Phi) is 3.10. The van der Waals surface area contributed by atoms with E-state index in [0.29, 0.717) is 0 Å². The van der Waals surface area contributed by atoms with Gasteiger partial charge in [0.25, 0.3) is 0 Å². The number of benzene rings is 1.